The summed E-state index contributed by atoms with van der Waals surface area (Å²) in [6.45, 7) is 7.24. The minimum atomic E-state index is -0.262. The molecule has 2 N–H and O–H groups in total. The first-order chi connectivity index (χ1) is 14.0. The standard InChI is InChI=1S/C22H24N2O4S/c1-4-26-18-12-16(13-19-21(25)24-22(23)29-19)8-9-17(18)27-10-11-28-20-14(2)6-5-7-15(20)3/h5-9,12-13H,4,10-11H2,1-3H3,(H2,23,24,25). The van der Waals surface area contributed by atoms with Crippen molar-refractivity contribution >= 4 is 28.9 Å². The van der Waals surface area contributed by atoms with Gasteiger partial charge in [-0.05, 0) is 67.4 Å². The highest BCUT2D eigenvalue weighted by molar-refractivity contribution is 8.18. The quantitative estimate of drug-likeness (QED) is 0.499. The number of carbonyl (C=O) groups is 1. The second kappa shape index (κ2) is 9.52. The van der Waals surface area contributed by atoms with E-state index in [1.165, 1.54) is 0 Å². The van der Waals surface area contributed by atoms with Crippen LogP contribution in [0.25, 0.3) is 6.08 Å². The van der Waals surface area contributed by atoms with E-state index in [2.05, 4.69) is 5.32 Å². The van der Waals surface area contributed by atoms with Crippen LogP contribution in [0.15, 0.2) is 41.3 Å². The Labute approximate surface area is 174 Å². The number of amidine groups is 1. The maximum atomic E-state index is 11.8. The number of carbonyl (C=O) groups excluding carboxylic acids is 1. The van der Waals surface area contributed by atoms with Crippen LogP contribution in [-0.2, 0) is 4.79 Å². The van der Waals surface area contributed by atoms with E-state index < -0.39 is 0 Å². The largest absolute Gasteiger partial charge is 0.490 e. The zero-order valence-corrected chi connectivity index (χ0v) is 17.5. The zero-order chi connectivity index (χ0) is 20.8. The van der Waals surface area contributed by atoms with E-state index >= 15 is 0 Å². The molecule has 0 radical (unpaired) electrons. The zero-order valence-electron chi connectivity index (χ0n) is 16.7. The van der Waals surface area contributed by atoms with Crippen LogP contribution in [0, 0.1) is 19.3 Å². The van der Waals surface area contributed by atoms with Crippen molar-refractivity contribution in [3.63, 3.8) is 0 Å². The highest BCUT2D eigenvalue weighted by Crippen LogP contribution is 2.31. The van der Waals surface area contributed by atoms with Crippen molar-refractivity contribution in [2.24, 2.45) is 0 Å². The van der Waals surface area contributed by atoms with Crippen LogP contribution in [0.1, 0.15) is 23.6 Å². The van der Waals surface area contributed by atoms with Gasteiger partial charge in [0.1, 0.15) is 19.0 Å². The van der Waals surface area contributed by atoms with Gasteiger partial charge in [0.15, 0.2) is 16.7 Å². The van der Waals surface area contributed by atoms with Crippen molar-refractivity contribution in [3.8, 4) is 17.2 Å². The van der Waals surface area contributed by atoms with Crippen LogP contribution in [0.5, 0.6) is 17.2 Å². The summed E-state index contributed by atoms with van der Waals surface area (Å²) < 4.78 is 17.4. The van der Waals surface area contributed by atoms with Crippen molar-refractivity contribution in [2.45, 2.75) is 20.8 Å². The van der Waals surface area contributed by atoms with E-state index in [0.29, 0.717) is 36.2 Å². The van der Waals surface area contributed by atoms with Crippen molar-refractivity contribution in [3.05, 3.63) is 58.0 Å². The summed E-state index contributed by atoms with van der Waals surface area (Å²) in [5.74, 6) is 1.85. The molecule has 7 heteroatoms. The molecule has 3 rings (SSSR count). The monoisotopic (exact) mass is 412 g/mol. The molecule has 0 bridgehead atoms. The average molecular weight is 413 g/mol. The van der Waals surface area contributed by atoms with E-state index in [1.54, 1.807) is 6.08 Å². The molecule has 1 aliphatic heterocycles. The van der Waals surface area contributed by atoms with Gasteiger partial charge in [0.2, 0.25) is 0 Å². The molecule has 2 aromatic carbocycles. The SMILES string of the molecule is CCOc1cc(C=C2SC(=N)NC2=O)ccc1OCCOc1c(C)cccc1C. The Balaban J connectivity index is 1.65. The Morgan fingerprint density at radius 2 is 1.76 bits per heavy atom. The lowest BCUT2D eigenvalue weighted by Crippen LogP contribution is -2.18. The second-order valence-corrected chi connectivity index (χ2v) is 7.50. The molecule has 0 unspecified atom stereocenters. The van der Waals surface area contributed by atoms with Gasteiger partial charge in [-0.3, -0.25) is 10.2 Å². The first kappa shape index (κ1) is 20.8. The third-order valence-electron chi connectivity index (χ3n) is 4.22. The van der Waals surface area contributed by atoms with Crippen LogP contribution in [0.4, 0.5) is 0 Å². The van der Waals surface area contributed by atoms with E-state index in [-0.39, 0.29) is 11.1 Å². The maximum absolute atomic E-state index is 11.8. The highest BCUT2D eigenvalue weighted by Gasteiger charge is 2.22. The van der Waals surface area contributed by atoms with Gasteiger partial charge in [0.25, 0.3) is 5.91 Å². The van der Waals surface area contributed by atoms with Crippen LogP contribution in [0.3, 0.4) is 0 Å². The minimum absolute atomic E-state index is 0.134. The number of rotatable bonds is 8. The van der Waals surface area contributed by atoms with Crippen LogP contribution < -0.4 is 19.5 Å². The van der Waals surface area contributed by atoms with E-state index in [0.717, 1.165) is 34.2 Å². The topological polar surface area (TPSA) is 80.6 Å². The number of hydrogen-bond acceptors (Lipinski definition) is 6. The molecule has 1 amide bonds. The number of nitrogens with one attached hydrogen (secondary N) is 2. The van der Waals surface area contributed by atoms with Crippen molar-refractivity contribution < 1.29 is 19.0 Å². The molecule has 0 aromatic heterocycles. The van der Waals surface area contributed by atoms with Gasteiger partial charge in [-0.25, -0.2) is 0 Å². The summed E-state index contributed by atoms with van der Waals surface area (Å²) in [4.78, 5) is 12.3. The van der Waals surface area contributed by atoms with E-state index in [1.807, 2.05) is 57.2 Å². The lowest BCUT2D eigenvalue weighted by atomic mass is 10.1. The molecule has 0 aliphatic carbocycles. The summed E-state index contributed by atoms with van der Waals surface area (Å²) in [6, 6.07) is 11.6. The number of thioether (sulfide) groups is 1. The van der Waals surface area contributed by atoms with Gasteiger partial charge >= 0.3 is 0 Å². The molecule has 0 spiro atoms. The van der Waals surface area contributed by atoms with Gasteiger partial charge in [-0.2, -0.15) is 0 Å². The Kier molecular flexibility index (Phi) is 6.82. The summed E-state index contributed by atoms with van der Waals surface area (Å²) >= 11 is 1.10. The summed E-state index contributed by atoms with van der Waals surface area (Å²) in [6.07, 6.45) is 1.73. The molecule has 2 aromatic rings. The molecule has 1 aliphatic rings. The Morgan fingerprint density at radius 3 is 2.41 bits per heavy atom. The molecule has 1 fully saturated rings. The predicted octanol–water partition coefficient (Wildman–Crippen LogP) is 4.30. The van der Waals surface area contributed by atoms with Gasteiger partial charge < -0.3 is 19.5 Å². The van der Waals surface area contributed by atoms with E-state index in [4.69, 9.17) is 19.6 Å². The molecule has 1 saturated heterocycles. The summed E-state index contributed by atoms with van der Waals surface area (Å²) in [5.41, 5.74) is 3.00. The molecule has 0 atom stereocenters. The van der Waals surface area contributed by atoms with Gasteiger partial charge in [0.05, 0.1) is 11.5 Å². The fraction of sp³-hybridized carbons (Fsp3) is 0.273. The summed E-state index contributed by atoms with van der Waals surface area (Å²) in [7, 11) is 0. The third-order valence-corrected chi connectivity index (χ3v) is 5.05. The molecule has 6 nitrogen and oxygen atoms in total. The first-order valence-electron chi connectivity index (χ1n) is 9.36. The van der Waals surface area contributed by atoms with Crippen LogP contribution in [0.2, 0.25) is 0 Å². The van der Waals surface area contributed by atoms with Crippen LogP contribution >= 0.6 is 11.8 Å². The number of benzene rings is 2. The van der Waals surface area contributed by atoms with Crippen molar-refractivity contribution in [2.75, 3.05) is 19.8 Å². The lowest BCUT2D eigenvalue weighted by molar-refractivity contribution is -0.115. The fourth-order valence-corrected chi connectivity index (χ4v) is 3.62. The molecule has 152 valence electrons. The van der Waals surface area contributed by atoms with Crippen molar-refractivity contribution in [1.82, 2.24) is 5.32 Å². The Morgan fingerprint density at radius 1 is 1.03 bits per heavy atom. The molecular formula is C22H24N2O4S. The molecule has 29 heavy (non-hydrogen) atoms. The number of ether oxygens (including phenoxy) is 3. The molecule has 1 heterocycles. The number of amides is 1. The van der Waals surface area contributed by atoms with Crippen molar-refractivity contribution in [1.29, 1.82) is 5.41 Å². The number of para-hydroxylation sites is 1. The van der Waals surface area contributed by atoms with Crippen LogP contribution in [-0.4, -0.2) is 30.9 Å². The Hall–Kier alpha value is -2.93. The van der Waals surface area contributed by atoms with Gasteiger partial charge in [-0.15, -0.1) is 0 Å². The van der Waals surface area contributed by atoms with E-state index in [9.17, 15) is 4.79 Å². The highest BCUT2D eigenvalue weighted by atomic mass is 32.2. The Bertz CT molecular complexity index is 936. The minimum Gasteiger partial charge on any atom is -0.490 e. The first-order valence-corrected chi connectivity index (χ1v) is 10.2. The maximum Gasteiger partial charge on any atom is 0.264 e. The predicted molar refractivity (Wildman–Crippen MR) is 116 cm³/mol. The average Bonchev–Trinajstić information content (AvgIpc) is 2.99. The lowest BCUT2D eigenvalue weighted by Gasteiger charge is -2.15. The number of aryl methyl sites for hydroxylation is 2. The second-order valence-electron chi connectivity index (χ2n) is 6.45. The summed E-state index contributed by atoms with van der Waals surface area (Å²) in [5, 5.41) is 10.1. The fourth-order valence-electron chi connectivity index (χ4n) is 2.92. The van der Waals surface area contributed by atoms with Gasteiger partial charge in [0, 0.05) is 0 Å². The molecule has 0 saturated carbocycles. The number of hydrogen-bond donors (Lipinski definition) is 2. The smallest absolute Gasteiger partial charge is 0.264 e. The normalized spacial score (nSPS) is 14.8. The van der Waals surface area contributed by atoms with Gasteiger partial charge in [-0.1, -0.05) is 24.3 Å². The molecular weight excluding hydrogens is 388 g/mol. The third kappa shape index (κ3) is 5.32.